The molecule has 1 aromatic heterocycles. The normalized spacial score (nSPS) is 11.8. The van der Waals surface area contributed by atoms with Gasteiger partial charge in [0.1, 0.15) is 11.9 Å². The number of ether oxygens (including phenoxy) is 2. The van der Waals surface area contributed by atoms with E-state index in [2.05, 4.69) is 20.9 Å². The molecule has 0 saturated carbocycles. The minimum Gasteiger partial charge on any atom is -0.490 e. The van der Waals surface area contributed by atoms with Gasteiger partial charge in [-0.05, 0) is 91.7 Å². The molecule has 43 heavy (non-hydrogen) atoms. The second kappa shape index (κ2) is 14.4. The Labute approximate surface area is 253 Å². The van der Waals surface area contributed by atoms with Crippen LogP contribution in [0.4, 0.5) is 17.2 Å². The second-order valence-corrected chi connectivity index (χ2v) is 11.1. The van der Waals surface area contributed by atoms with Crippen molar-refractivity contribution >= 4 is 39.8 Å². The number of hydrogen-bond acceptors (Lipinski definition) is 7. The number of carbonyl (C=O) groups excluding carboxylic acids is 2. The number of benzene rings is 3. The molecule has 5 N–H and O–H groups in total. The van der Waals surface area contributed by atoms with Gasteiger partial charge in [-0.15, -0.1) is 0 Å². The number of carbonyl (C=O) groups is 2. The SMILES string of the molecule is CCOc1cc(C(Nc2ccc3c(N)nccc3c2)C(=O)NCc2cccc(NC(=O)CC(C)C)c2)ccc1OC(C)C. The number of hydrogen-bond donors (Lipinski definition) is 4. The molecule has 2 amide bonds. The number of aromatic nitrogens is 1. The number of rotatable bonds is 13. The number of nitrogens with two attached hydrogens (primary N) is 1. The minimum absolute atomic E-state index is 0.0345. The Kier molecular flexibility index (Phi) is 10.4. The summed E-state index contributed by atoms with van der Waals surface area (Å²) in [6.07, 6.45) is 2.07. The first-order chi connectivity index (χ1) is 20.6. The van der Waals surface area contributed by atoms with E-state index in [1.165, 1.54) is 0 Å². The molecule has 0 aliphatic rings. The number of nitrogens with one attached hydrogen (secondary N) is 3. The van der Waals surface area contributed by atoms with E-state index in [4.69, 9.17) is 15.2 Å². The number of amides is 2. The van der Waals surface area contributed by atoms with E-state index in [1.807, 2.05) is 101 Å². The van der Waals surface area contributed by atoms with Crippen LogP contribution in [0.5, 0.6) is 11.5 Å². The van der Waals surface area contributed by atoms with Crippen LogP contribution in [0.15, 0.2) is 72.9 Å². The Hall–Kier alpha value is -4.79. The first-order valence-corrected chi connectivity index (χ1v) is 14.6. The van der Waals surface area contributed by atoms with Crippen LogP contribution in [0.1, 0.15) is 58.2 Å². The maximum Gasteiger partial charge on any atom is 0.247 e. The molecule has 3 aromatic carbocycles. The lowest BCUT2D eigenvalue weighted by Gasteiger charge is -2.22. The van der Waals surface area contributed by atoms with Gasteiger partial charge in [0.2, 0.25) is 11.8 Å². The Morgan fingerprint density at radius 2 is 1.74 bits per heavy atom. The second-order valence-electron chi connectivity index (χ2n) is 11.1. The maximum absolute atomic E-state index is 13.8. The predicted molar refractivity (Wildman–Crippen MR) is 172 cm³/mol. The van der Waals surface area contributed by atoms with Gasteiger partial charge in [0.15, 0.2) is 11.5 Å². The van der Waals surface area contributed by atoms with E-state index in [1.54, 1.807) is 6.20 Å². The van der Waals surface area contributed by atoms with Crippen LogP contribution in [-0.4, -0.2) is 29.5 Å². The molecule has 1 unspecified atom stereocenters. The van der Waals surface area contributed by atoms with Gasteiger partial charge in [-0.3, -0.25) is 9.59 Å². The molecular formula is C34H41N5O4. The van der Waals surface area contributed by atoms with Crippen molar-refractivity contribution < 1.29 is 19.1 Å². The zero-order valence-electron chi connectivity index (χ0n) is 25.4. The lowest BCUT2D eigenvalue weighted by molar-refractivity contribution is -0.122. The van der Waals surface area contributed by atoms with E-state index in [0.29, 0.717) is 41.6 Å². The van der Waals surface area contributed by atoms with Crippen molar-refractivity contribution in [2.24, 2.45) is 5.92 Å². The highest BCUT2D eigenvalue weighted by Gasteiger charge is 2.23. The van der Waals surface area contributed by atoms with Crippen LogP contribution in [0.25, 0.3) is 10.8 Å². The van der Waals surface area contributed by atoms with E-state index in [9.17, 15) is 9.59 Å². The van der Waals surface area contributed by atoms with Gasteiger partial charge in [0.25, 0.3) is 0 Å². The van der Waals surface area contributed by atoms with Crippen LogP contribution in [0, 0.1) is 5.92 Å². The standard InChI is InChI=1S/C34H41N5O4/c1-6-42-30-19-25(10-13-29(30)43-22(4)5)32(39-27-11-12-28-24(18-27)14-15-36-33(28)35)34(41)37-20-23-8-7-9-26(17-23)38-31(40)16-21(2)3/h7-15,17-19,21-22,32,39H,6,16,20H2,1-5H3,(H2,35,36)(H,37,41)(H,38,40). The summed E-state index contributed by atoms with van der Waals surface area (Å²) in [5, 5.41) is 11.1. The molecule has 0 saturated heterocycles. The van der Waals surface area contributed by atoms with Crippen molar-refractivity contribution in [3.63, 3.8) is 0 Å². The van der Waals surface area contributed by atoms with Gasteiger partial charge in [-0.25, -0.2) is 4.98 Å². The maximum atomic E-state index is 13.8. The molecule has 9 nitrogen and oxygen atoms in total. The summed E-state index contributed by atoms with van der Waals surface area (Å²) >= 11 is 0. The Morgan fingerprint density at radius 1 is 0.930 bits per heavy atom. The molecule has 4 rings (SSSR count). The monoisotopic (exact) mass is 583 g/mol. The Bertz CT molecular complexity index is 1570. The van der Waals surface area contributed by atoms with Crippen molar-refractivity contribution in [2.75, 3.05) is 23.0 Å². The van der Waals surface area contributed by atoms with Gasteiger partial charge in [0, 0.05) is 35.9 Å². The Morgan fingerprint density at radius 3 is 2.49 bits per heavy atom. The molecule has 0 aliphatic carbocycles. The van der Waals surface area contributed by atoms with Crippen LogP contribution in [-0.2, 0) is 16.1 Å². The zero-order chi connectivity index (χ0) is 30.9. The predicted octanol–water partition coefficient (Wildman–Crippen LogP) is 6.46. The summed E-state index contributed by atoms with van der Waals surface area (Å²) in [6, 6.07) is 19.9. The highest BCUT2D eigenvalue weighted by molar-refractivity contribution is 5.94. The first-order valence-electron chi connectivity index (χ1n) is 14.6. The van der Waals surface area contributed by atoms with Crippen molar-refractivity contribution in [3.05, 3.63) is 84.1 Å². The van der Waals surface area contributed by atoms with E-state index < -0.39 is 6.04 Å². The van der Waals surface area contributed by atoms with E-state index in [-0.39, 0.29) is 30.4 Å². The third-order valence-electron chi connectivity index (χ3n) is 6.60. The summed E-state index contributed by atoms with van der Waals surface area (Å²) in [7, 11) is 0. The third-order valence-corrected chi connectivity index (χ3v) is 6.60. The van der Waals surface area contributed by atoms with Crippen LogP contribution in [0.3, 0.4) is 0 Å². The zero-order valence-corrected chi connectivity index (χ0v) is 25.4. The van der Waals surface area contributed by atoms with E-state index >= 15 is 0 Å². The molecule has 9 heteroatoms. The molecule has 0 spiro atoms. The summed E-state index contributed by atoms with van der Waals surface area (Å²) in [5.41, 5.74) is 9.06. The molecule has 0 fully saturated rings. The smallest absolute Gasteiger partial charge is 0.247 e. The fourth-order valence-corrected chi connectivity index (χ4v) is 4.71. The molecule has 226 valence electrons. The van der Waals surface area contributed by atoms with Gasteiger partial charge in [-0.2, -0.15) is 0 Å². The van der Waals surface area contributed by atoms with Crippen LogP contribution >= 0.6 is 0 Å². The van der Waals surface area contributed by atoms with Crippen molar-refractivity contribution in [1.82, 2.24) is 10.3 Å². The summed E-state index contributed by atoms with van der Waals surface area (Å²) in [4.78, 5) is 30.2. The molecule has 0 aliphatic heterocycles. The third kappa shape index (κ3) is 8.61. The number of nitrogen functional groups attached to an aromatic ring is 1. The molecule has 4 aromatic rings. The van der Waals surface area contributed by atoms with Crippen molar-refractivity contribution in [3.8, 4) is 11.5 Å². The van der Waals surface area contributed by atoms with Crippen LogP contribution in [0.2, 0.25) is 0 Å². The lowest BCUT2D eigenvalue weighted by atomic mass is 10.0. The fraction of sp³-hybridized carbons (Fsp3) is 0.324. The summed E-state index contributed by atoms with van der Waals surface area (Å²) < 4.78 is 11.8. The van der Waals surface area contributed by atoms with Gasteiger partial charge in [0.05, 0.1) is 12.7 Å². The average molecular weight is 584 g/mol. The molecular weight excluding hydrogens is 542 g/mol. The molecule has 0 bridgehead atoms. The topological polar surface area (TPSA) is 128 Å². The minimum atomic E-state index is -0.752. The Balaban J connectivity index is 1.60. The van der Waals surface area contributed by atoms with Gasteiger partial charge < -0.3 is 31.2 Å². The average Bonchev–Trinajstić information content (AvgIpc) is 2.95. The summed E-state index contributed by atoms with van der Waals surface area (Å²) in [6.45, 7) is 10.5. The lowest BCUT2D eigenvalue weighted by Crippen LogP contribution is -2.33. The molecule has 1 atom stereocenters. The van der Waals surface area contributed by atoms with Crippen molar-refractivity contribution in [1.29, 1.82) is 0 Å². The van der Waals surface area contributed by atoms with E-state index in [0.717, 1.165) is 22.0 Å². The number of anilines is 3. The van der Waals surface area contributed by atoms with Crippen molar-refractivity contribution in [2.45, 2.75) is 59.7 Å². The van der Waals surface area contributed by atoms with Crippen LogP contribution < -0.4 is 31.2 Å². The fourth-order valence-electron chi connectivity index (χ4n) is 4.71. The number of nitrogens with zero attached hydrogens (tertiary/aromatic N) is 1. The molecule has 0 radical (unpaired) electrons. The summed E-state index contributed by atoms with van der Waals surface area (Å²) in [5.74, 6) is 1.62. The molecule has 1 heterocycles. The highest BCUT2D eigenvalue weighted by Crippen LogP contribution is 2.33. The van der Waals surface area contributed by atoms with Gasteiger partial charge >= 0.3 is 0 Å². The number of fused-ring (bicyclic) bond motifs is 1. The number of pyridine rings is 1. The quantitative estimate of drug-likeness (QED) is 0.142. The van der Waals surface area contributed by atoms with Gasteiger partial charge in [-0.1, -0.05) is 32.0 Å². The highest BCUT2D eigenvalue weighted by atomic mass is 16.5. The first kappa shape index (κ1) is 31.2. The largest absolute Gasteiger partial charge is 0.490 e.